The van der Waals surface area contributed by atoms with Crippen molar-refractivity contribution in [2.45, 2.75) is 18.4 Å². The number of hydrogen-bond donors (Lipinski definition) is 1. The van der Waals surface area contributed by atoms with E-state index in [1.54, 1.807) is 29.2 Å². The third-order valence-corrected chi connectivity index (χ3v) is 4.44. The lowest BCUT2D eigenvalue weighted by Gasteiger charge is -2.37. The molecule has 1 atom stereocenters. The molecular weight excluding hydrogens is 324 g/mol. The lowest BCUT2D eigenvalue weighted by molar-refractivity contribution is -0.00611. The van der Waals surface area contributed by atoms with Gasteiger partial charge in [-0.2, -0.15) is 0 Å². The Morgan fingerprint density at radius 3 is 2.80 bits per heavy atom. The minimum Gasteiger partial charge on any atom is -0.439 e. The van der Waals surface area contributed by atoms with Crippen molar-refractivity contribution in [2.75, 3.05) is 19.6 Å². The molecule has 1 aromatic heterocycles. The van der Waals surface area contributed by atoms with Gasteiger partial charge in [-0.05, 0) is 31.0 Å². The van der Waals surface area contributed by atoms with E-state index in [0.717, 1.165) is 12.8 Å². The molecular formula is C18H18N2O5. The fourth-order valence-electron chi connectivity index (χ4n) is 3.25. The van der Waals surface area contributed by atoms with Crippen molar-refractivity contribution in [3.63, 3.8) is 0 Å². The summed E-state index contributed by atoms with van der Waals surface area (Å²) in [5.41, 5.74) is -0.624. The molecule has 1 N–H and O–H groups in total. The maximum absolute atomic E-state index is 12.7. The summed E-state index contributed by atoms with van der Waals surface area (Å²) in [4.78, 5) is 25.7. The highest BCUT2D eigenvalue weighted by molar-refractivity contribution is 5.91. The van der Waals surface area contributed by atoms with E-state index in [0.29, 0.717) is 25.4 Å². The van der Waals surface area contributed by atoms with Gasteiger partial charge in [0.05, 0.1) is 13.1 Å². The predicted octanol–water partition coefficient (Wildman–Crippen LogP) is 2.79. The Labute approximate surface area is 144 Å². The molecule has 4 rings (SSSR count). The standard InChI is InChI=1S/C18H18N2O5/c21-16(20-10-4-9-18(12-20)11-19-17(22)25-18)14-7-8-15(24-14)23-13-5-2-1-3-6-13/h1-3,5-8H,4,9-12H2,(H,19,22)/t18-/m0/s1. The van der Waals surface area contributed by atoms with Crippen LogP contribution in [-0.2, 0) is 4.74 Å². The predicted molar refractivity (Wildman–Crippen MR) is 87.6 cm³/mol. The van der Waals surface area contributed by atoms with E-state index in [2.05, 4.69) is 5.32 Å². The first-order valence-corrected chi connectivity index (χ1v) is 8.22. The second-order valence-electron chi connectivity index (χ2n) is 6.29. The van der Waals surface area contributed by atoms with Gasteiger partial charge < -0.3 is 24.1 Å². The molecule has 1 spiro atoms. The Balaban J connectivity index is 1.45. The Morgan fingerprint density at radius 1 is 1.20 bits per heavy atom. The number of ether oxygens (including phenoxy) is 2. The Morgan fingerprint density at radius 2 is 2.04 bits per heavy atom. The lowest BCUT2D eigenvalue weighted by atomic mass is 9.93. The number of carbonyl (C=O) groups excluding carboxylic acids is 2. The van der Waals surface area contributed by atoms with Crippen LogP contribution in [-0.4, -0.2) is 42.1 Å². The molecule has 2 aliphatic heterocycles. The van der Waals surface area contributed by atoms with Gasteiger partial charge in [0, 0.05) is 12.6 Å². The number of para-hydroxylation sites is 1. The number of amides is 2. The molecule has 2 fully saturated rings. The summed E-state index contributed by atoms with van der Waals surface area (Å²) in [6.45, 7) is 1.39. The first kappa shape index (κ1) is 15.6. The summed E-state index contributed by atoms with van der Waals surface area (Å²) in [7, 11) is 0. The van der Waals surface area contributed by atoms with E-state index in [4.69, 9.17) is 13.9 Å². The zero-order valence-electron chi connectivity index (χ0n) is 13.6. The molecule has 2 aromatic rings. The fraction of sp³-hybridized carbons (Fsp3) is 0.333. The van der Waals surface area contributed by atoms with Crippen LogP contribution in [0.2, 0.25) is 0 Å². The molecule has 2 saturated heterocycles. The molecule has 7 nitrogen and oxygen atoms in total. The zero-order valence-corrected chi connectivity index (χ0v) is 13.6. The topological polar surface area (TPSA) is 81.0 Å². The van der Waals surface area contributed by atoms with Gasteiger partial charge in [0.2, 0.25) is 0 Å². The van der Waals surface area contributed by atoms with Crippen LogP contribution < -0.4 is 10.1 Å². The van der Waals surface area contributed by atoms with Gasteiger partial charge in [0.25, 0.3) is 11.9 Å². The Kier molecular flexibility index (Phi) is 3.83. The number of furan rings is 1. The number of nitrogens with one attached hydrogen (secondary N) is 1. The first-order valence-electron chi connectivity index (χ1n) is 8.22. The third kappa shape index (κ3) is 3.17. The van der Waals surface area contributed by atoms with Crippen LogP contribution in [0.1, 0.15) is 23.4 Å². The molecule has 0 bridgehead atoms. The first-order chi connectivity index (χ1) is 12.1. The molecule has 3 heterocycles. The van der Waals surface area contributed by atoms with Crippen LogP contribution in [0.4, 0.5) is 4.79 Å². The number of nitrogens with zero attached hydrogens (tertiary/aromatic N) is 1. The van der Waals surface area contributed by atoms with Crippen molar-refractivity contribution in [1.82, 2.24) is 10.2 Å². The van der Waals surface area contributed by atoms with Crippen molar-refractivity contribution in [1.29, 1.82) is 0 Å². The van der Waals surface area contributed by atoms with Crippen LogP contribution in [0.15, 0.2) is 46.9 Å². The summed E-state index contributed by atoms with van der Waals surface area (Å²) in [6.07, 6.45) is 1.09. The van der Waals surface area contributed by atoms with Crippen LogP contribution in [0.25, 0.3) is 0 Å². The van der Waals surface area contributed by atoms with Crippen molar-refractivity contribution in [3.05, 3.63) is 48.2 Å². The van der Waals surface area contributed by atoms with Gasteiger partial charge in [-0.25, -0.2) is 4.79 Å². The van der Waals surface area contributed by atoms with Gasteiger partial charge in [0.15, 0.2) is 5.76 Å². The van der Waals surface area contributed by atoms with Gasteiger partial charge >= 0.3 is 6.09 Å². The van der Waals surface area contributed by atoms with E-state index in [1.807, 2.05) is 18.2 Å². The van der Waals surface area contributed by atoms with E-state index >= 15 is 0 Å². The maximum Gasteiger partial charge on any atom is 0.407 e. The van der Waals surface area contributed by atoms with E-state index in [1.165, 1.54) is 0 Å². The Hall–Kier alpha value is -2.96. The SMILES string of the molecule is O=C1NC[C@]2(CCCN(C(=O)c3ccc(Oc4ccccc4)o3)C2)O1. The average molecular weight is 342 g/mol. The van der Waals surface area contributed by atoms with Gasteiger partial charge in [-0.1, -0.05) is 18.2 Å². The summed E-state index contributed by atoms with van der Waals surface area (Å²) in [6, 6.07) is 12.4. The van der Waals surface area contributed by atoms with Crippen LogP contribution >= 0.6 is 0 Å². The third-order valence-electron chi connectivity index (χ3n) is 4.44. The van der Waals surface area contributed by atoms with Crippen molar-refractivity contribution in [3.8, 4) is 11.7 Å². The zero-order chi connectivity index (χ0) is 17.3. The van der Waals surface area contributed by atoms with Crippen LogP contribution in [0.3, 0.4) is 0 Å². The highest BCUT2D eigenvalue weighted by Gasteiger charge is 2.45. The van der Waals surface area contributed by atoms with Crippen molar-refractivity contribution in [2.24, 2.45) is 0 Å². The smallest absolute Gasteiger partial charge is 0.407 e. The molecule has 130 valence electrons. The molecule has 0 unspecified atom stereocenters. The number of hydrogen-bond acceptors (Lipinski definition) is 5. The maximum atomic E-state index is 12.7. The number of piperidine rings is 1. The summed E-state index contributed by atoms with van der Waals surface area (Å²) < 4.78 is 16.5. The van der Waals surface area contributed by atoms with Crippen molar-refractivity contribution >= 4 is 12.0 Å². The van der Waals surface area contributed by atoms with Crippen LogP contribution in [0.5, 0.6) is 11.7 Å². The molecule has 0 radical (unpaired) electrons. The molecule has 2 amide bonds. The number of rotatable bonds is 3. The molecule has 0 aliphatic carbocycles. The largest absolute Gasteiger partial charge is 0.439 e. The van der Waals surface area contributed by atoms with E-state index < -0.39 is 11.7 Å². The number of carbonyl (C=O) groups is 2. The van der Waals surface area contributed by atoms with Gasteiger partial charge in [-0.15, -0.1) is 0 Å². The monoisotopic (exact) mass is 342 g/mol. The second kappa shape index (κ2) is 6.16. The molecule has 1 aromatic carbocycles. The van der Waals surface area contributed by atoms with Crippen molar-refractivity contribution < 1.29 is 23.5 Å². The minimum atomic E-state index is -0.624. The minimum absolute atomic E-state index is 0.209. The molecule has 25 heavy (non-hydrogen) atoms. The fourth-order valence-corrected chi connectivity index (χ4v) is 3.25. The summed E-state index contributed by atoms with van der Waals surface area (Å²) >= 11 is 0. The number of benzene rings is 1. The second-order valence-corrected chi connectivity index (χ2v) is 6.29. The highest BCUT2D eigenvalue weighted by atomic mass is 16.6. The van der Waals surface area contributed by atoms with Crippen LogP contribution in [0, 0.1) is 0 Å². The van der Waals surface area contributed by atoms with Gasteiger partial charge in [-0.3, -0.25) is 4.79 Å². The Bertz CT molecular complexity index is 788. The molecule has 7 heteroatoms. The average Bonchev–Trinajstić information content (AvgIpc) is 3.22. The summed E-state index contributed by atoms with van der Waals surface area (Å²) in [5.74, 6) is 0.872. The van der Waals surface area contributed by atoms with E-state index in [9.17, 15) is 9.59 Å². The quantitative estimate of drug-likeness (QED) is 0.928. The van der Waals surface area contributed by atoms with E-state index in [-0.39, 0.29) is 17.6 Å². The number of likely N-dealkylation sites (tertiary alicyclic amines) is 1. The lowest BCUT2D eigenvalue weighted by Crippen LogP contribution is -2.52. The highest BCUT2D eigenvalue weighted by Crippen LogP contribution is 2.30. The normalized spacial score (nSPS) is 22.6. The molecule has 0 saturated carbocycles. The molecule has 2 aliphatic rings. The number of alkyl carbamates (subject to hydrolysis) is 1. The van der Waals surface area contributed by atoms with Gasteiger partial charge in [0.1, 0.15) is 11.4 Å². The summed E-state index contributed by atoms with van der Waals surface area (Å²) in [5, 5.41) is 2.67.